The van der Waals surface area contributed by atoms with Gasteiger partial charge in [0.05, 0.1) is 22.0 Å². The van der Waals surface area contributed by atoms with Crippen LogP contribution in [-0.2, 0) is 4.79 Å². The molecule has 0 bridgehead atoms. The summed E-state index contributed by atoms with van der Waals surface area (Å²) in [6.07, 6.45) is 1.54. The predicted octanol–water partition coefficient (Wildman–Crippen LogP) is 5.15. The fourth-order valence-corrected chi connectivity index (χ4v) is 4.83. The molecular formula is C22H14Cl2N6OS. The largest absolute Gasteiger partial charge is 0.283 e. The van der Waals surface area contributed by atoms with Gasteiger partial charge in [0.1, 0.15) is 10.2 Å². The minimum atomic E-state index is -0.535. The number of para-hydroxylation sites is 1. The summed E-state index contributed by atoms with van der Waals surface area (Å²) in [4.78, 5) is 16.9. The van der Waals surface area contributed by atoms with E-state index in [0.29, 0.717) is 37.2 Å². The van der Waals surface area contributed by atoms with Crippen molar-refractivity contribution >= 4 is 63.0 Å². The first kappa shape index (κ1) is 20.7. The molecule has 0 spiro atoms. The number of carbonyl (C=O) groups excluding carboxylic acids is 1. The highest BCUT2D eigenvalue weighted by molar-refractivity contribution is 8.27. The minimum absolute atomic E-state index is 0.0797. The molecule has 3 aromatic rings. The standard InChI is InChI=1S/C22H14Cl2N6OS/c1-12-15(18(24)29(27-12)13-7-3-2-4-8-13)11-16-19(25)30-22(26-20(16)31)32-21(28-30)14-9-5-6-10-17(14)23/h2-11,25H,1H3/b16-11-,25-19?. The molecule has 0 unspecified atom stereocenters. The SMILES string of the molecule is Cc1nn(-c2ccccc2)c(Cl)c1/C=C1/C(=N)N2N=C(c3ccccc3Cl)SC2=NC1=O. The number of thioether (sulfide) groups is 1. The van der Waals surface area contributed by atoms with E-state index in [1.807, 2.05) is 48.5 Å². The topological polar surface area (TPSA) is 86.7 Å². The number of carbonyl (C=O) groups is 1. The van der Waals surface area contributed by atoms with Gasteiger partial charge in [0.15, 0.2) is 5.84 Å². The van der Waals surface area contributed by atoms with E-state index in [4.69, 9.17) is 28.6 Å². The third-order valence-electron chi connectivity index (χ3n) is 4.90. The van der Waals surface area contributed by atoms with Crippen LogP contribution < -0.4 is 0 Å². The van der Waals surface area contributed by atoms with Crippen molar-refractivity contribution in [3.8, 4) is 5.69 Å². The van der Waals surface area contributed by atoms with Crippen LogP contribution in [-0.4, -0.2) is 36.7 Å². The summed E-state index contributed by atoms with van der Waals surface area (Å²) in [6, 6.07) is 16.7. The predicted molar refractivity (Wildman–Crippen MR) is 129 cm³/mol. The van der Waals surface area contributed by atoms with Gasteiger partial charge in [0, 0.05) is 11.1 Å². The molecule has 158 valence electrons. The molecule has 0 fully saturated rings. The first-order valence-electron chi connectivity index (χ1n) is 9.49. The van der Waals surface area contributed by atoms with Gasteiger partial charge in [-0.3, -0.25) is 10.2 Å². The molecule has 0 radical (unpaired) electrons. The number of hydrogen-bond donors (Lipinski definition) is 1. The lowest BCUT2D eigenvalue weighted by Gasteiger charge is -2.20. The smallest absolute Gasteiger partial charge is 0.282 e. The molecule has 2 aliphatic heterocycles. The molecule has 3 heterocycles. The maximum atomic E-state index is 12.8. The Morgan fingerprint density at radius 1 is 1.06 bits per heavy atom. The summed E-state index contributed by atoms with van der Waals surface area (Å²) >= 11 is 14.1. The van der Waals surface area contributed by atoms with Crippen molar-refractivity contribution in [3.05, 3.63) is 87.2 Å². The zero-order chi connectivity index (χ0) is 22.4. The Morgan fingerprint density at radius 3 is 2.53 bits per heavy atom. The number of aromatic nitrogens is 2. The van der Waals surface area contributed by atoms with Gasteiger partial charge in [-0.1, -0.05) is 59.6 Å². The summed E-state index contributed by atoms with van der Waals surface area (Å²) in [5.74, 6) is -0.621. The number of amides is 1. The zero-order valence-electron chi connectivity index (χ0n) is 16.6. The van der Waals surface area contributed by atoms with E-state index < -0.39 is 5.91 Å². The molecule has 0 atom stereocenters. The quantitative estimate of drug-likeness (QED) is 0.524. The number of hydrogen-bond acceptors (Lipinski definition) is 5. The molecule has 10 heteroatoms. The Labute approximate surface area is 197 Å². The van der Waals surface area contributed by atoms with Gasteiger partial charge in [0.25, 0.3) is 5.91 Å². The number of halogens is 2. The Kier molecular flexibility index (Phi) is 5.21. The number of nitrogens with zero attached hydrogens (tertiary/aromatic N) is 5. The van der Waals surface area contributed by atoms with Crippen LogP contribution in [0.25, 0.3) is 11.8 Å². The molecule has 32 heavy (non-hydrogen) atoms. The lowest BCUT2D eigenvalue weighted by molar-refractivity contribution is -0.114. The van der Waals surface area contributed by atoms with Gasteiger partial charge < -0.3 is 0 Å². The van der Waals surface area contributed by atoms with Crippen molar-refractivity contribution < 1.29 is 4.79 Å². The van der Waals surface area contributed by atoms with Crippen LogP contribution in [0.5, 0.6) is 0 Å². The van der Waals surface area contributed by atoms with E-state index in [-0.39, 0.29) is 11.4 Å². The van der Waals surface area contributed by atoms with Crippen molar-refractivity contribution in [3.63, 3.8) is 0 Å². The van der Waals surface area contributed by atoms with Crippen molar-refractivity contribution in [2.75, 3.05) is 0 Å². The zero-order valence-corrected chi connectivity index (χ0v) is 18.9. The van der Waals surface area contributed by atoms with E-state index in [1.165, 1.54) is 16.8 Å². The van der Waals surface area contributed by atoms with Crippen molar-refractivity contribution in [2.45, 2.75) is 6.92 Å². The number of amidine groups is 2. The molecule has 0 aliphatic carbocycles. The average Bonchev–Trinajstić information content (AvgIpc) is 3.33. The lowest BCUT2D eigenvalue weighted by atomic mass is 10.1. The van der Waals surface area contributed by atoms with Crippen LogP contribution in [0.2, 0.25) is 10.2 Å². The van der Waals surface area contributed by atoms with Gasteiger partial charge in [-0.25, -0.2) is 4.68 Å². The molecule has 0 saturated heterocycles. The third-order valence-corrected chi connectivity index (χ3v) is 6.53. The number of aryl methyl sites for hydroxylation is 1. The van der Waals surface area contributed by atoms with E-state index in [0.717, 1.165) is 5.69 Å². The maximum absolute atomic E-state index is 12.8. The summed E-state index contributed by atoms with van der Waals surface area (Å²) in [5, 5.41) is 20.7. The molecule has 1 amide bonds. The summed E-state index contributed by atoms with van der Waals surface area (Å²) in [7, 11) is 0. The third kappa shape index (κ3) is 3.46. The van der Waals surface area contributed by atoms with Crippen LogP contribution >= 0.6 is 35.0 Å². The van der Waals surface area contributed by atoms with Crippen molar-refractivity contribution in [2.24, 2.45) is 10.1 Å². The molecule has 1 aromatic heterocycles. The first-order chi connectivity index (χ1) is 15.4. The fraction of sp³-hybridized carbons (Fsp3) is 0.0455. The second kappa shape index (κ2) is 8.05. The van der Waals surface area contributed by atoms with Crippen LogP contribution in [0.1, 0.15) is 16.8 Å². The van der Waals surface area contributed by atoms with E-state index in [9.17, 15) is 4.79 Å². The average molecular weight is 481 g/mol. The van der Waals surface area contributed by atoms with E-state index >= 15 is 0 Å². The van der Waals surface area contributed by atoms with Crippen molar-refractivity contribution in [1.29, 1.82) is 5.41 Å². The Balaban J connectivity index is 1.53. The normalized spacial score (nSPS) is 17.0. The first-order valence-corrected chi connectivity index (χ1v) is 11.1. The highest BCUT2D eigenvalue weighted by Crippen LogP contribution is 2.34. The molecule has 2 aliphatic rings. The van der Waals surface area contributed by atoms with Crippen LogP contribution in [0.3, 0.4) is 0 Å². The second-order valence-electron chi connectivity index (χ2n) is 6.94. The molecule has 7 nitrogen and oxygen atoms in total. The van der Waals surface area contributed by atoms with Gasteiger partial charge in [-0.2, -0.15) is 20.2 Å². The van der Waals surface area contributed by atoms with Crippen LogP contribution in [0.4, 0.5) is 0 Å². The number of nitrogens with one attached hydrogen (secondary N) is 1. The maximum Gasteiger partial charge on any atom is 0.283 e. The van der Waals surface area contributed by atoms with Crippen LogP contribution in [0, 0.1) is 12.3 Å². The monoisotopic (exact) mass is 480 g/mol. The fourth-order valence-electron chi connectivity index (χ4n) is 3.30. The Hall–Kier alpha value is -3.20. The number of aliphatic imine (C=N–C) groups is 1. The molecule has 0 saturated carbocycles. The van der Waals surface area contributed by atoms with Crippen LogP contribution in [0.15, 0.2) is 70.3 Å². The summed E-state index contributed by atoms with van der Waals surface area (Å²) in [6.45, 7) is 1.79. The van der Waals surface area contributed by atoms with Crippen molar-refractivity contribution in [1.82, 2.24) is 14.8 Å². The summed E-state index contributed by atoms with van der Waals surface area (Å²) < 4.78 is 1.59. The van der Waals surface area contributed by atoms with E-state index in [1.54, 1.807) is 23.7 Å². The molecule has 2 aromatic carbocycles. The number of hydrazone groups is 1. The lowest BCUT2D eigenvalue weighted by Crippen LogP contribution is -2.35. The van der Waals surface area contributed by atoms with Gasteiger partial charge in [-0.05, 0) is 43.0 Å². The molecular weight excluding hydrogens is 467 g/mol. The van der Waals surface area contributed by atoms with Gasteiger partial charge >= 0.3 is 0 Å². The number of fused-ring (bicyclic) bond motifs is 1. The molecule has 1 N–H and O–H groups in total. The number of benzene rings is 2. The van der Waals surface area contributed by atoms with Gasteiger partial charge in [0.2, 0.25) is 5.17 Å². The van der Waals surface area contributed by atoms with E-state index in [2.05, 4.69) is 15.2 Å². The highest BCUT2D eigenvalue weighted by Gasteiger charge is 2.36. The Morgan fingerprint density at radius 2 is 1.78 bits per heavy atom. The Bertz CT molecular complexity index is 1380. The minimum Gasteiger partial charge on any atom is -0.282 e. The number of rotatable bonds is 3. The highest BCUT2D eigenvalue weighted by atomic mass is 35.5. The second-order valence-corrected chi connectivity index (χ2v) is 8.66. The molecule has 5 rings (SSSR count). The van der Waals surface area contributed by atoms with Gasteiger partial charge in [-0.15, -0.1) is 0 Å². The summed E-state index contributed by atoms with van der Waals surface area (Å²) in [5.41, 5.74) is 2.75.